The van der Waals surface area contributed by atoms with Crippen molar-refractivity contribution >= 4 is 46.7 Å². The van der Waals surface area contributed by atoms with E-state index in [0.29, 0.717) is 6.04 Å². The number of hydrogen-bond donors (Lipinski definition) is 3. The SMILES string of the molecule is CN=C(NCCc1c[nH]c2ccc(F)cc12)NC1CCN(c2ccccn2)CC1.I. The number of pyridine rings is 1. The van der Waals surface area contributed by atoms with Crippen molar-refractivity contribution in [3.05, 3.63) is 60.2 Å². The van der Waals surface area contributed by atoms with Crippen molar-refractivity contribution in [2.75, 3.05) is 31.6 Å². The van der Waals surface area contributed by atoms with Crippen LogP contribution in [0.25, 0.3) is 10.9 Å². The minimum absolute atomic E-state index is 0. The average molecular weight is 522 g/mol. The van der Waals surface area contributed by atoms with Gasteiger partial charge in [-0.3, -0.25) is 4.99 Å². The molecule has 3 aromatic rings. The summed E-state index contributed by atoms with van der Waals surface area (Å²) in [6, 6.07) is 11.3. The van der Waals surface area contributed by atoms with E-state index in [1.54, 1.807) is 19.2 Å². The number of H-pyrrole nitrogens is 1. The highest BCUT2D eigenvalue weighted by Crippen LogP contribution is 2.20. The Kier molecular flexibility index (Phi) is 7.89. The highest BCUT2D eigenvalue weighted by molar-refractivity contribution is 14.0. The van der Waals surface area contributed by atoms with E-state index in [1.165, 1.54) is 6.07 Å². The van der Waals surface area contributed by atoms with Gasteiger partial charge < -0.3 is 20.5 Å². The first kappa shape index (κ1) is 22.3. The topological polar surface area (TPSA) is 68.3 Å². The summed E-state index contributed by atoms with van der Waals surface area (Å²) in [6.45, 7) is 2.69. The van der Waals surface area contributed by atoms with Crippen molar-refractivity contribution < 1.29 is 4.39 Å². The third-order valence-corrected chi connectivity index (χ3v) is 5.45. The number of benzene rings is 1. The second-order valence-electron chi connectivity index (χ2n) is 7.35. The number of rotatable bonds is 5. The van der Waals surface area contributed by atoms with Crippen LogP contribution in [-0.2, 0) is 6.42 Å². The molecule has 0 saturated carbocycles. The molecule has 0 atom stereocenters. The fraction of sp³-hybridized carbons (Fsp3) is 0.364. The molecule has 0 radical (unpaired) electrons. The van der Waals surface area contributed by atoms with E-state index < -0.39 is 0 Å². The van der Waals surface area contributed by atoms with Gasteiger partial charge in [0.05, 0.1) is 0 Å². The summed E-state index contributed by atoms with van der Waals surface area (Å²) in [7, 11) is 1.79. The summed E-state index contributed by atoms with van der Waals surface area (Å²) < 4.78 is 13.5. The fourth-order valence-corrected chi connectivity index (χ4v) is 3.85. The zero-order valence-corrected chi connectivity index (χ0v) is 19.4. The average Bonchev–Trinajstić information content (AvgIpc) is 3.16. The Labute approximate surface area is 193 Å². The van der Waals surface area contributed by atoms with Gasteiger partial charge in [0.25, 0.3) is 0 Å². The smallest absolute Gasteiger partial charge is 0.191 e. The predicted molar refractivity (Wildman–Crippen MR) is 131 cm³/mol. The Morgan fingerprint density at radius 3 is 2.83 bits per heavy atom. The number of halogens is 2. The molecular weight excluding hydrogens is 494 g/mol. The van der Waals surface area contributed by atoms with Gasteiger partial charge in [0, 0.05) is 56.0 Å². The van der Waals surface area contributed by atoms with E-state index >= 15 is 0 Å². The summed E-state index contributed by atoms with van der Waals surface area (Å²) in [5.74, 6) is 1.65. The van der Waals surface area contributed by atoms with Crippen LogP contribution >= 0.6 is 24.0 Å². The van der Waals surface area contributed by atoms with Gasteiger partial charge >= 0.3 is 0 Å². The Morgan fingerprint density at radius 2 is 2.10 bits per heavy atom. The molecule has 4 rings (SSSR count). The van der Waals surface area contributed by atoms with E-state index in [4.69, 9.17) is 0 Å². The van der Waals surface area contributed by atoms with Gasteiger partial charge in [-0.2, -0.15) is 0 Å². The van der Waals surface area contributed by atoms with Crippen LogP contribution in [0.1, 0.15) is 18.4 Å². The van der Waals surface area contributed by atoms with Gasteiger partial charge in [-0.05, 0) is 55.2 Å². The first-order valence-electron chi connectivity index (χ1n) is 10.1. The Balaban J connectivity index is 0.00000256. The van der Waals surface area contributed by atoms with Gasteiger partial charge in [0.1, 0.15) is 11.6 Å². The van der Waals surface area contributed by atoms with E-state index in [9.17, 15) is 4.39 Å². The lowest BCUT2D eigenvalue weighted by Gasteiger charge is -2.33. The van der Waals surface area contributed by atoms with E-state index in [2.05, 4.69) is 36.6 Å². The number of nitrogens with zero attached hydrogens (tertiary/aromatic N) is 3. The Hall–Kier alpha value is -2.36. The van der Waals surface area contributed by atoms with Crippen molar-refractivity contribution in [3.63, 3.8) is 0 Å². The Morgan fingerprint density at radius 1 is 1.27 bits per heavy atom. The molecule has 1 saturated heterocycles. The molecule has 0 aliphatic carbocycles. The van der Waals surface area contributed by atoms with Gasteiger partial charge in [-0.15, -0.1) is 24.0 Å². The molecule has 2 aromatic heterocycles. The van der Waals surface area contributed by atoms with Crippen molar-refractivity contribution in [1.82, 2.24) is 20.6 Å². The number of aromatic nitrogens is 2. The number of fused-ring (bicyclic) bond motifs is 1. The van der Waals surface area contributed by atoms with Gasteiger partial charge in [-0.25, -0.2) is 9.37 Å². The lowest BCUT2D eigenvalue weighted by atomic mass is 10.1. The maximum absolute atomic E-state index is 13.5. The zero-order valence-electron chi connectivity index (χ0n) is 17.1. The molecule has 3 N–H and O–H groups in total. The molecule has 160 valence electrons. The first-order valence-corrected chi connectivity index (χ1v) is 10.1. The third-order valence-electron chi connectivity index (χ3n) is 5.45. The lowest BCUT2D eigenvalue weighted by Crippen LogP contribution is -2.49. The molecule has 0 amide bonds. The van der Waals surface area contributed by atoms with Crippen LogP contribution in [0, 0.1) is 5.82 Å². The summed E-state index contributed by atoms with van der Waals surface area (Å²) in [6.07, 6.45) is 6.67. The Bertz CT molecular complexity index is 966. The number of guanidine groups is 1. The van der Waals surface area contributed by atoms with Gasteiger partial charge in [0.15, 0.2) is 5.96 Å². The molecule has 0 spiro atoms. The van der Waals surface area contributed by atoms with E-state index in [1.807, 2.05) is 24.5 Å². The zero-order chi connectivity index (χ0) is 20.1. The van der Waals surface area contributed by atoms with Crippen molar-refractivity contribution in [2.45, 2.75) is 25.3 Å². The monoisotopic (exact) mass is 522 g/mol. The highest BCUT2D eigenvalue weighted by Gasteiger charge is 2.20. The molecule has 6 nitrogen and oxygen atoms in total. The number of piperidine rings is 1. The van der Waals surface area contributed by atoms with Crippen molar-refractivity contribution in [1.29, 1.82) is 0 Å². The number of aromatic amines is 1. The lowest BCUT2D eigenvalue weighted by molar-refractivity contribution is 0.459. The molecule has 1 fully saturated rings. The fourth-order valence-electron chi connectivity index (χ4n) is 3.85. The summed E-state index contributed by atoms with van der Waals surface area (Å²) in [5, 5.41) is 7.85. The molecule has 3 heterocycles. The number of anilines is 1. The second kappa shape index (κ2) is 10.6. The molecule has 0 bridgehead atoms. The summed E-state index contributed by atoms with van der Waals surface area (Å²) in [4.78, 5) is 14.3. The summed E-state index contributed by atoms with van der Waals surface area (Å²) in [5.41, 5.74) is 2.06. The molecule has 30 heavy (non-hydrogen) atoms. The normalized spacial score (nSPS) is 15.1. The molecular formula is C22H28FIN6. The highest BCUT2D eigenvalue weighted by atomic mass is 127. The standard InChI is InChI=1S/C22H27FN6.HI/c1-24-22(26-11-7-16-15-27-20-6-5-17(23)14-19(16)20)28-18-8-12-29(13-9-18)21-4-2-3-10-25-21;/h2-6,10,14-15,18,27H,7-9,11-13H2,1H3,(H2,24,26,28);1H. The third kappa shape index (κ3) is 5.41. The number of aliphatic imine (C=N–C) groups is 1. The van der Waals surface area contributed by atoms with Crippen LogP contribution < -0.4 is 15.5 Å². The van der Waals surface area contributed by atoms with Crippen LogP contribution in [0.3, 0.4) is 0 Å². The number of nitrogens with one attached hydrogen (secondary N) is 3. The van der Waals surface area contributed by atoms with Crippen LogP contribution in [0.4, 0.5) is 10.2 Å². The van der Waals surface area contributed by atoms with Crippen LogP contribution in [-0.4, -0.2) is 48.7 Å². The molecule has 1 aliphatic rings. The van der Waals surface area contributed by atoms with Gasteiger partial charge in [-0.1, -0.05) is 6.07 Å². The molecule has 0 unspecified atom stereocenters. The van der Waals surface area contributed by atoms with Crippen LogP contribution in [0.5, 0.6) is 0 Å². The van der Waals surface area contributed by atoms with Crippen LogP contribution in [0.15, 0.2) is 53.8 Å². The van der Waals surface area contributed by atoms with E-state index in [-0.39, 0.29) is 29.8 Å². The van der Waals surface area contributed by atoms with Crippen molar-refractivity contribution in [3.8, 4) is 0 Å². The maximum Gasteiger partial charge on any atom is 0.191 e. The molecule has 1 aromatic carbocycles. The number of hydrogen-bond acceptors (Lipinski definition) is 3. The first-order chi connectivity index (χ1) is 14.2. The molecule has 8 heteroatoms. The van der Waals surface area contributed by atoms with Crippen LogP contribution in [0.2, 0.25) is 0 Å². The minimum Gasteiger partial charge on any atom is -0.361 e. The molecule has 1 aliphatic heterocycles. The minimum atomic E-state index is -0.208. The summed E-state index contributed by atoms with van der Waals surface area (Å²) >= 11 is 0. The van der Waals surface area contributed by atoms with Crippen molar-refractivity contribution in [2.24, 2.45) is 4.99 Å². The largest absolute Gasteiger partial charge is 0.361 e. The maximum atomic E-state index is 13.5. The quantitative estimate of drug-likeness (QED) is 0.272. The predicted octanol–water partition coefficient (Wildman–Crippen LogP) is 3.70. The van der Waals surface area contributed by atoms with Gasteiger partial charge in [0.2, 0.25) is 0 Å². The van der Waals surface area contributed by atoms with E-state index in [0.717, 1.165) is 67.1 Å². The second-order valence-corrected chi connectivity index (χ2v) is 7.35.